The van der Waals surface area contributed by atoms with Crippen LogP contribution < -0.4 is 0 Å². The minimum atomic E-state index is -0.386. The monoisotopic (exact) mass is 516 g/mol. The molecule has 9 nitrogen and oxygen atoms in total. The first-order chi connectivity index (χ1) is 17.4. The topological polar surface area (TPSA) is 136 Å². The standard InChI is InChI=1S/C27H48O9/c1-23(21-29)22-36-26(32)15-9-5-3-2-4-8-14-25(31)34-19-11-12-20-35-27(33)17-16-24(30)13-7-6-10-18-28/h23,28-29H,2-22H2,1H3. The largest absolute Gasteiger partial charge is 0.466 e. The maximum atomic E-state index is 11.8. The molecule has 36 heavy (non-hydrogen) atoms. The fourth-order valence-corrected chi connectivity index (χ4v) is 3.30. The highest BCUT2D eigenvalue weighted by molar-refractivity contribution is 5.82. The summed E-state index contributed by atoms with van der Waals surface area (Å²) >= 11 is 0. The number of hydrogen-bond donors (Lipinski definition) is 2. The quantitative estimate of drug-likeness (QED) is 0.105. The third-order valence-corrected chi connectivity index (χ3v) is 5.64. The van der Waals surface area contributed by atoms with Gasteiger partial charge in [-0.05, 0) is 38.5 Å². The highest BCUT2D eigenvalue weighted by Crippen LogP contribution is 2.10. The van der Waals surface area contributed by atoms with E-state index in [9.17, 15) is 19.2 Å². The van der Waals surface area contributed by atoms with Crippen LogP contribution in [0.25, 0.3) is 0 Å². The van der Waals surface area contributed by atoms with Crippen LogP contribution in [0.5, 0.6) is 0 Å². The van der Waals surface area contributed by atoms with Crippen LogP contribution in [-0.2, 0) is 33.4 Å². The number of hydrogen-bond acceptors (Lipinski definition) is 9. The van der Waals surface area contributed by atoms with Crippen molar-refractivity contribution in [1.82, 2.24) is 0 Å². The van der Waals surface area contributed by atoms with Gasteiger partial charge in [0.15, 0.2) is 0 Å². The highest BCUT2D eigenvalue weighted by Gasteiger charge is 2.09. The van der Waals surface area contributed by atoms with Gasteiger partial charge in [0, 0.05) is 44.8 Å². The Morgan fingerprint density at radius 2 is 1.03 bits per heavy atom. The van der Waals surface area contributed by atoms with E-state index < -0.39 is 0 Å². The molecule has 0 amide bonds. The van der Waals surface area contributed by atoms with Gasteiger partial charge in [-0.15, -0.1) is 0 Å². The lowest BCUT2D eigenvalue weighted by atomic mass is 10.1. The summed E-state index contributed by atoms with van der Waals surface area (Å²) < 4.78 is 15.4. The zero-order valence-corrected chi connectivity index (χ0v) is 22.2. The van der Waals surface area contributed by atoms with Gasteiger partial charge < -0.3 is 24.4 Å². The van der Waals surface area contributed by atoms with E-state index in [4.69, 9.17) is 24.4 Å². The predicted molar refractivity (Wildman–Crippen MR) is 135 cm³/mol. The third-order valence-electron chi connectivity index (χ3n) is 5.64. The maximum absolute atomic E-state index is 11.8. The fourth-order valence-electron chi connectivity index (χ4n) is 3.30. The zero-order chi connectivity index (χ0) is 26.9. The van der Waals surface area contributed by atoms with Crippen LogP contribution in [0.1, 0.15) is 110 Å². The molecule has 0 bridgehead atoms. The summed E-state index contributed by atoms with van der Waals surface area (Å²) in [6.45, 7) is 2.78. The van der Waals surface area contributed by atoms with Crippen LogP contribution >= 0.6 is 0 Å². The number of Topliss-reactive ketones (excluding diaryl/α,β-unsaturated/α-hetero) is 1. The Morgan fingerprint density at radius 1 is 0.556 bits per heavy atom. The average Bonchev–Trinajstić information content (AvgIpc) is 2.87. The Balaban J connectivity index is 3.44. The molecule has 0 aliphatic carbocycles. The molecule has 0 rings (SSSR count). The second kappa shape index (κ2) is 24.7. The Bertz CT molecular complexity index is 592. The number of unbranched alkanes of at least 4 members (excludes halogenated alkanes) is 8. The summed E-state index contributed by atoms with van der Waals surface area (Å²) in [6, 6.07) is 0. The molecule has 1 atom stereocenters. The van der Waals surface area contributed by atoms with Crippen molar-refractivity contribution in [3.05, 3.63) is 0 Å². The van der Waals surface area contributed by atoms with Crippen LogP contribution in [0.4, 0.5) is 0 Å². The smallest absolute Gasteiger partial charge is 0.306 e. The van der Waals surface area contributed by atoms with Crippen LogP contribution in [-0.4, -0.2) is 66.9 Å². The molecule has 210 valence electrons. The number of ketones is 1. The lowest BCUT2D eigenvalue weighted by Crippen LogP contribution is -2.14. The van der Waals surface area contributed by atoms with Crippen LogP contribution in [0, 0.1) is 5.92 Å². The molecule has 0 aromatic carbocycles. The molecular weight excluding hydrogens is 468 g/mol. The summed E-state index contributed by atoms with van der Waals surface area (Å²) in [5.41, 5.74) is 0. The number of ether oxygens (including phenoxy) is 3. The van der Waals surface area contributed by atoms with E-state index in [0.717, 1.165) is 51.4 Å². The maximum Gasteiger partial charge on any atom is 0.306 e. The summed E-state index contributed by atoms with van der Waals surface area (Å²) in [4.78, 5) is 46.6. The number of carbonyl (C=O) groups excluding carboxylic acids is 4. The van der Waals surface area contributed by atoms with E-state index in [1.165, 1.54) is 0 Å². The molecule has 0 fully saturated rings. The normalized spacial score (nSPS) is 11.6. The van der Waals surface area contributed by atoms with Crippen molar-refractivity contribution in [2.24, 2.45) is 5.92 Å². The van der Waals surface area contributed by atoms with Crippen molar-refractivity contribution in [3.8, 4) is 0 Å². The first kappa shape index (κ1) is 34.0. The summed E-state index contributed by atoms with van der Waals surface area (Å²) in [6.07, 6.45) is 10.4. The molecule has 0 heterocycles. The second-order valence-corrected chi connectivity index (χ2v) is 9.31. The van der Waals surface area contributed by atoms with Gasteiger partial charge in [0.25, 0.3) is 0 Å². The molecule has 2 N–H and O–H groups in total. The Hall–Kier alpha value is -2.00. The molecule has 0 aliphatic heterocycles. The average molecular weight is 517 g/mol. The number of aliphatic hydroxyl groups excluding tert-OH is 2. The lowest BCUT2D eigenvalue weighted by Gasteiger charge is -2.08. The minimum absolute atomic E-state index is 0.0117. The molecule has 1 unspecified atom stereocenters. The van der Waals surface area contributed by atoms with Gasteiger partial charge in [-0.3, -0.25) is 19.2 Å². The van der Waals surface area contributed by atoms with E-state index in [1.807, 2.05) is 6.92 Å². The van der Waals surface area contributed by atoms with Crippen LogP contribution in [0.2, 0.25) is 0 Å². The molecule has 0 saturated heterocycles. The van der Waals surface area contributed by atoms with E-state index in [1.54, 1.807) is 0 Å². The van der Waals surface area contributed by atoms with Gasteiger partial charge in [-0.25, -0.2) is 0 Å². The molecule has 0 spiro atoms. The van der Waals surface area contributed by atoms with Gasteiger partial charge in [-0.2, -0.15) is 0 Å². The van der Waals surface area contributed by atoms with Crippen molar-refractivity contribution in [2.75, 3.05) is 33.0 Å². The van der Waals surface area contributed by atoms with E-state index in [2.05, 4.69) is 0 Å². The first-order valence-electron chi connectivity index (χ1n) is 13.6. The molecular formula is C27H48O9. The van der Waals surface area contributed by atoms with E-state index in [0.29, 0.717) is 45.1 Å². The number of aliphatic hydroxyl groups is 2. The summed E-state index contributed by atoms with van der Waals surface area (Å²) in [5.74, 6) is -0.810. The molecule has 0 aromatic rings. The minimum Gasteiger partial charge on any atom is -0.466 e. The molecule has 0 aliphatic rings. The fraction of sp³-hybridized carbons (Fsp3) is 0.852. The predicted octanol–water partition coefficient (Wildman–Crippen LogP) is 4.05. The number of rotatable bonds is 25. The SMILES string of the molecule is CC(CO)COC(=O)CCCCCCCCC(=O)OCCCCOC(=O)CCC(=O)CCCCCO. The van der Waals surface area contributed by atoms with Gasteiger partial charge in [0.1, 0.15) is 5.78 Å². The van der Waals surface area contributed by atoms with Gasteiger partial charge in [0.2, 0.25) is 0 Å². The van der Waals surface area contributed by atoms with Crippen molar-refractivity contribution in [3.63, 3.8) is 0 Å². The van der Waals surface area contributed by atoms with E-state index >= 15 is 0 Å². The summed E-state index contributed by atoms with van der Waals surface area (Å²) in [5, 5.41) is 17.6. The van der Waals surface area contributed by atoms with Crippen molar-refractivity contribution < 1.29 is 43.6 Å². The van der Waals surface area contributed by atoms with Gasteiger partial charge in [-0.1, -0.05) is 39.0 Å². The molecule has 0 radical (unpaired) electrons. The van der Waals surface area contributed by atoms with Crippen molar-refractivity contribution in [2.45, 2.75) is 110 Å². The second-order valence-electron chi connectivity index (χ2n) is 9.31. The lowest BCUT2D eigenvalue weighted by molar-refractivity contribution is -0.146. The molecule has 9 heteroatoms. The zero-order valence-electron chi connectivity index (χ0n) is 22.2. The Morgan fingerprint density at radius 3 is 1.58 bits per heavy atom. The van der Waals surface area contributed by atoms with Gasteiger partial charge >= 0.3 is 17.9 Å². The molecule has 0 aromatic heterocycles. The van der Waals surface area contributed by atoms with Crippen LogP contribution in [0.15, 0.2) is 0 Å². The third kappa shape index (κ3) is 23.7. The van der Waals surface area contributed by atoms with Crippen molar-refractivity contribution in [1.29, 1.82) is 0 Å². The first-order valence-corrected chi connectivity index (χ1v) is 13.6. The van der Waals surface area contributed by atoms with Crippen LogP contribution in [0.3, 0.4) is 0 Å². The number of carbonyl (C=O) groups is 4. The highest BCUT2D eigenvalue weighted by atomic mass is 16.5. The number of esters is 3. The Labute approximate surface area is 216 Å². The van der Waals surface area contributed by atoms with Gasteiger partial charge in [0.05, 0.1) is 26.2 Å². The van der Waals surface area contributed by atoms with E-state index in [-0.39, 0.29) is 68.9 Å². The summed E-state index contributed by atoms with van der Waals surface area (Å²) in [7, 11) is 0. The van der Waals surface area contributed by atoms with Crippen molar-refractivity contribution >= 4 is 23.7 Å². The Kier molecular flexibility index (Phi) is 23.3. The molecule has 0 saturated carbocycles.